The number of likely N-dealkylation sites (N-methyl/N-ethyl adjacent to an activating group) is 1. The van der Waals surface area contributed by atoms with Gasteiger partial charge in [0.1, 0.15) is 0 Å². The Hall–Kier alpha value is -2.23. The maximum absolute atomic E-state index is 4.43. The summed E-state index contributed by atoms with van der Waals surface area (Å²) in [5.41, 5.74) is 2.15. The van der Waals surface area contributed by atoms with E-state index in [1.54, 1.807) is 0 Å². The smallest absolute Gasteiger partial charge is 0.159 e. The molecule has 0 radical (unpaired) electrons. The molecule has 1 aromatic heterocycles. The Morgan fingerprint density at radius 1 is 1.11 bits per heavy atom. The molecule has 2 aromatic rings. The average molecular weight is 238 g/mol. The minimum absolute atomic E-state index is 0.273. The first-order valence-electron chi connectivity index (χ1n) is 5.94. The van der Waals surface area contributed by atoms with Gasteiger partial charge in [-0.3, -0.25) is 4.99 Å². The van der Waals surface area contributed by atoms with Gasteiger partial charge in [0.25, 0.3) is 0 Å². The van der Waals surface area contributed by atoms with Gasteiger partial charge in [-0.2, -0.15) is 0 Å². The number of nitrogens with zero attached hydrogens (tertiary/aromatic N) is 4. The lowest BCUT2D eigenvalue weighted by molar-refractivity contribution is 0.424. The van der Waals surface area contributed by atoms with Crippen molar-refractivity contribution in [1.29, 1.82) is 0 Å². The molecule has 0 spiro atoms. The zero-order valence-corrected chi connectivity index (χ0v) is 10.2. The summed E-state index contributed by atoms with van der Waals surface area (Å²) in [6.07, 6.45) is 5.64. The summed E-state index contributed by atoms with van der Waals surface area (Å²) >= 11 is 0. The topological polar surface area (TPSA) is 41.4 Å². The molecule has 0 aliphatic carbocycles. The second-order valence-electron chi connectivity index (χ2n) is 4.37. The Kier molecular flexibility index (Phi) is 2.76. The third-order valence-corrected chi connectivity index (χ3v) is 3.12. The monoisotopic (exact) mass is 238 g/mol. The Balaban J connectivity index is 1.86. The summed E-state index contributed by atoms with van der Waals surface area (Å²) in [4.78, 5) is 15.2. The summed E-state index contributed by atoms with van der Waals surface area (Å²) < 4.78 is 0. The average Bonchev–Trinajstić information content (AvgIpc) is 2.86. The fraction of sp³-hybridized carbons (Fsp3) is 0.214. The van der Waals surface area contributed by atoms with E-state index in [1.807, 2.05) is 56.1 Å². The van der Waals surface area contributed by atoms with Crippen LogP contribution in [0.5, 0.6) is 0 Å². The van der Waals surface area contributed by atoms with Crippen molar-refractivity contribution in [1.82, 2.24) is 14.9 Å². The van der Waals surface area contributed by atoms with Crippen LogP contribution < -0.4 is 0 Å². The van der Waals surface area contributed by atoms with Crippen LogP contribution in [0.2, 0.25) is 0 Å². The quantitative estimate of drug-likeness (QED) is 0.805. The SMILES string of the molecule is CN1C=NCC1c1cnc(-c2ccccc2)nc1. The molecular formula is C14H14N4. The Bertz CT molecular complexity index is 548. The van der Waals surface area contributed by atoms with Crippen molar-refractivity contribution in [3.63, 3.8) is 0 Å². The molecule has 2 heterocycles. The summed E-state index contributed by atoms with van der Waals surface area (Å²) in [5.74, 6) is 0.765. The molecule has 4 heteroatoms. The number of aliphatic imine (C=N–C) groups is 1. The van der Waals surface area contributed by atoms with Crippen molar-refractivity contribution in [2.24, 2.45) is 4.99 Å². The number of hydrogen-bond acceptors (Lipinski definition) is 4. The molecule has 1 aromatic carbocycles. The molecule has 1 aliphatic heterocycles. The zero-order chi connectivity index (χ0) is 12.4. The second kappa shape index (κ2) is 4.56. The van der Waals surface area contributed by atoms with E-state index in [2.05, 4.69) is 19.9 Å². The van der Waals surface area contributed by atoms with Crippen molar-refractivity contribution in [3.05, 3.63) is 48.3 Å². The largest absolute Gasteiger partial charge is 0.357 e. The van der Waals surface area contributed by atoms with Gasteiger partial charge in [-0.05, 0) is 0 Å². The predicted molar refractivity (Wildman–Crippen MR) is 71.3 cm³/mol. The van der Waals surface area contributed by atoms with Crippen LogP contribution in [0, 0.1) is 0 Å². The van der Waals surface area contributed by atoms with Gasteiger partial charge in [-0.25, -0.2) is 9.97 Å². The van der Waals surface area contributed by atoms with E-state index in [1.165, 1.54) is 0 Å². The van der Waals surface area contributed by atoms with E-state index in [4.69, 9.17) is 0 Å². The van der Waals surface area contributed by atoms with E-state index in [-0.39, 0.29) is 6.04 Å². The maximum Gasteiger partial charge on any atom is 0.159 e. The lowest BCUT2D eigenvalue weighted by Gasteiger charge is -2.18. The van der Waals surface area contributed by atoms with Crippen LogP contribution in [-0.4, -0.2) is 34.8 Å². The van der Waals surface area contributed by atoms with Gasteiger partial charge in [-0.15, -0.1) is 0 Å². The first kappa shape index (κ1) is 10.9. The summed E-state index contributed by atoms with van der Waals surface area (Å²) in [6.45, 7) is 0.782. The molecule has 0 saturated heterocycles. The van der Waals surface area contributed by atoms with Crippen LogP contribution in [0.15, 0.2) is 47.7 Å². The third kappa shape index (κ3) is 1.97. The highest BCUT2D eigenvalue weighted by atomic mass is 15.2. The molecule has 90 valence electrons. The Labute approximate surface area is 106 Å². The number of aromatic nitrogens is 2. The molecule has 3 rings (SSSR count). The molecule has 4 nitrogen and oxygen atoms in total. The van der Waals surface area contributed by atoms with Gasteiger partial charge in [-0.1, -0.05) is 30.3 Å². The molecule has 18 heavy (non-hydrogen) atoms. The molecule has 1 unspecified atom stereocenters. The van der Waals surface area contributed by atoms with Crippen molar-refractivity contribution in [2.45, 2.75) is 6.04 Å². The molecule has 0 bridgehead atoms. The van der Waals surface area contributed by atoms with E-state index in [0.29, 0.717) is 0 Å². The van der Waals surface area contributed by atoms with Crippen molar-refractivity contribution in [3.8, 4) is 11.4 Å². The van der Waals surface area contributed by atoms with Crippen LogP contribution >= 0.6 is 0 Å². The molecule has 1 aliphatic rings. The number of rotatable bonds is 2. The Morgan fingerprint density at radius 2 is 1.83 bits per heavy atom. The van der Waals surface area contributed by atoms with Gasteiger partial charge in [0.05, 0.1) is 18.9 Å². The standard InChI is InChI=1S/C14H14N4/c1-18-10-15-9-13(18)12-7-16-14(17-8-12)11-5-3-2-4-6-11/h2-8,10,13H,9H2,1H3. The number of hydrogen-bond donors (Lipinski definition) is 0. The van der Waals surface area contributed by atoms with E-state index < -0.39 is 0 Å². The molecule has 0 fully saturated rings. The summed E-state index contributed by atoms with van der Waals surface area (Å²) in [5, 5.41) is 0. The van der Waals surface area contributed by atoms with Gasteiger partial charge < -0.3 is 4.90 Å². The third-order valence-electron chi connectivity index (χ3n) is 3.12. The lowest BCUT2D eigenvalue weighted by atomic mass is 10.1. The second-order valence-corrected chi connectivity index (χ2v) is 4.37. The fourth-order valence-electron chi connectivity index (χ4n) is 2.07. The maximum atomic E-state index is 4.43. The highest BCUT2D eigenvalue weighted by Crippen LogP contribution is 2.22. The van der Waals surface area contributed by atoms with Gasteiger partial charge in [0.15, 0.2) is 5.82 Å². The fourth-order valence-corrected chi connectivity index (χ4v) is 2.07. The minimum atomic E-state index is 0.273. The van der Waals surface area contributed by atoms with Crippen LogP contribution in [-0.2, 0) is 0 Å². The van der Waals surface area contributed by atoms with Crippen molar-refractivity contribution >= 4 is 6.34 Å². The van der Waals surface area contributed by atoms with Crippen LogP contribution in [0.3, 0.4) is 0 Å². The zero-order valence-electron chi connectivity index (χ0n) is 10.2. The summed E-state index contributed by atoms with van der Waals surface area (Å²) in [6, 6.07) is 10.3. The molecule has 1 atom stereocenters. The molecule has 0 N–H and O–H groups in total. The highest BCUT2D eigenvalue weighted by Gasteiger charge is 2.19. The van der Waals surface area contributed by atoms with E-state index in [9.17, 15) is 0 Å². The first-order chi connectivity index (χ1) is 8.84. The van der Waals surface area contributed by atoms with Gasteiger partial charge in [0, 0.05) is 30.6 Å². The van der Waals surface area contributed by atoms with Crippen molar-refractivity contribution < 1.29 is 0 Å². The first-order valence-corrected chi connectivity index (χ1v) is 5.94. The minimum Gasteiger partial charge on any atom is -0.357 e. The van der Waals surface area contributed by atoms with Gasteiger partial charge >= 0.3 is 0 Å². The number of benzene rings is 1. The van der Waals surface area contributed by atoms with Crippen LogP contribution in [0.25, 0.3) is 11.4 Å². The molecule has 0 amide bonds. The highest BCUT2D eigenvalue weighted by molar-refractivity contribution is 5.58. The Morgan fingerprint density at radius 3 is 2.44 bits per heavy atom. The lowest BCUT2D eigenvalue weighted by Crippen LogP contribution is -2.19. The van der Waals surface area contributed by atoms with Gasteiger partial charge in [0.2, 0.25) is 0 Å². The predicted octanol–water partition coefficient (Wildman–Crippen LogP) is 2.16. The van der Waals surface area contributed by atoms with E-state index in [0.717, 1.165) is 23.5 Å². The molecular weight excluding hydrogens is 224 g/mol. The summed E-state index contributed by atoms with van der Waals surface area (Å²) in [7, 11) is 2.02. The normalized spacial score (nSPS) is 18.3. The van der Waals surface area contributed by atoms with Crippen molar-refractivity contribution in [2.75, 3.05) is 13.6 Å². The van der Waals surface area contributed by atoms with Crippen LogP contribution in [0.4, 0.5) is 0 Å². The van der Waals surface area contributed by atoms with E-state index >= 15 is 0 Å². The molecule has 0 saturated carbocycles. The van der Waals surface area contributed by atoms with Crippen LogP contribution in [0.1, 0.15) is 11.6 Å².